The molecular weight excluding hydrogens is 350 g/mol. The van der Waals surface area contributed by atoms with Crippen LogP contribution in [0.3, 0.4) is 0 Å². The van der Waals surface area contributed by atoms with Crippen LogP contribution in [0.1, 0.15) is 39.2 Å². The number of benzene rings is 1. The fraction of sp³-hybridized carbons (Fsp3) is 0.565. The molecule has 0 atom stereocenters. The van der Waals surface area contributed by atoms with Gasteiger partial charge in [0, 0.05) is 45.3 Å². The molecule has 2 amide bonds. The molecule has 0 N–H and O–H groups in total. The first-order chi connectivity index (χ1) is 13.5. The highest BCUT2D eigenvalue weighted by atomic mass is 16.2. The molecule has 1 saturated heterocycles. The Bertz CT molecular complexity index is 653. The van der Waals surface area contributed by atoms with Crippen molar-refractivity contribution in [3.05, 3.63) is 47.5 Å². The number of carbonyl (C=O) groups is 2. The molecule has 0 bridgehead atoms. The van der Waals surface area contributed by atoms with Crippen LogP contribution >= 0.6 is 0 Å². The smallest absolute Gasteiger partial charge is 0.246 e. The van der Waals surface area contributed by atoms with E-state index in [0.29, 0.717) is 13.1 Å². The second-order valence-electron chi connectivity index (χ2n) is 7.50. The van der Waals surface area contributed by atoms with Crippen molar-refractivity contribution in [2.75, 3.05) is 45.8 Å². The molecule has 1 aromatic rings. The van der Waals surface area contributed by atoms with Crippen LogP contribution in [0.15, 0.2) is 42.0 Å². The number of amides is 2. The molecule has 1 aliphatic rings. The zero-order valence-corrected chi connectivity index (χ0v) is 17.7. The summed E-state index contributed by atoms with van der Waals surface area (Å²) >= 11 is 0. The average molecular weight is 386 g/mol. The topological polar surface area (TPSA) is 43.9 Å². The van der Waals surface area contributed by atoms with E-state index < -0.39 is 0 Å². The van der Waals surface area contributed by atoms with E-state index >= 15 is 0 Å². The van der Waals surface area contributed by atoms with Crippen LogP contribution in [0, 0.1) is 0 Å². The van der Waals surface area contributed by atoms with Crippen LogP contribution in [-0.4, -0.2) is 72.3 Å². The van der Waals surface area contributed by atoms with Crippen molar-refractivity contribution in [1.29, 1.82) is 0 Å². The third-order valence-electron chi connectivity index (χ3n) is 5.40. The van der Waals surface area contributed by atoms with Crippen LogP contribution < -0.4 is 0 Å². The van der Waals surface area contributed by atoms with Crippen LogP contribution in [0.25, 0.3) is 0 Å². The summed E-state index contributed by atoms with van der Waals surface area (Å²) in [7, 11) is 0. The molecule has 5 heteroatoms. The van der Waals surface area contributed by atoms with Gasteiger partial charge < -0.3 is 9.80 Å². The molecule has 0 radical (unpaired) electrons. The standard InChI is InChI=1S/C23H35N3O2/c1-4-25(5-2)23(28)19-24-14-9-15-26(17-16-24)22(27)18-20(3)12-13-21-10-7-6-8-11-21/h6-8,10-11,18H,4-5,9,12-17,19H2,1-3H3/b20-18+. The molecular formula is C23H35N3O2. The maximum atomic E-state index is 12.7. The molecule has 0 aromatic heterocycles. The summed E-state index contributed by atoms with van der Waals surface area (Å²) in [5.74, 6) is 0.281. The summed E-state index contributed by atoms with van der Waals surface area (Å²) in [5.41, 5.74) is 2.41. The zero-order chi connectivity index (χ0) is 20.4. The number of rotatable bonds is 8. The van der Waals surface area contributed by atoms with Gasteiger partial charge in [-0.3, -0.25) is 14.5 Å². The first kappa shape index (κ1) is 22.2. The van der Waals surface area contributed by atoms with Crippen molar-refractivity contribution < 1.29 is 9.59 Å². The SMILES string of the molecule is CCN(CC)C(=O)CN1CCCN(C(=O)/C=C(\C)CCc2ccccc2)CC1. The van der Waals surface area contributed by atoms with Gasteiger partial charge in [-0.1, -0.05) is 35.9 Å². The molecule has 28 heavy (non-hydrogen) atoms. The van der Waals surface area contributed by atoms with Crippen molar-refractivity contribution in [3.8, 4) is 0 Å². The van der Waals surface area contributed by atoms with Gasteiger partial charge in [0.1, 0.15) is 0 Å². The van der Waals surface area contributed by atoms with E-state index in [2.05, 4.69) is 17.0 Å². The molecule has 1 aliphatic heterocycles. The fourth-order valence-electron chi connectivity index (χ4n) is 3.58. The van der Waals surface area contributed by atoms with E-state index in [9.17, 15) is 9.59 Å². The normalized spacial score (nSPS) is 16.0. The Balaban J connectivity index is 1.81. The van der Waals surface area contributed by atoms with E-state index in [1.54, 1.807) is 6.08 Å². The second kappa shape index (κ2) is 11.6. The molecule has 0 spiro atoms. The van der Waals surface area contributed by atoms with Gasteiger partial charge in [-0.05, 0) is 45.6 Å². The number of aryl methyl sites for hydroxylation is 1. The van der Waals surface area contributed by atoms with Crippen molar-refractivity contribution in [1.82, 2.24) is 14.7 Å². The molecule has 154 valence electrons. The fourth-order valence-corrected chi connectivity index (χ4v) is 3.58. The zero-order valence-electron chi connectivity index (χ0n) is 17.7. The molecule has 5 nitrogen and oxygen atoms in total. The minimum Gasteiger partial charge on any atom is -0.342 e. The van der Waals surface area contributed by atoms with E-state index in [1.807, 2.05) is 48.8 Å². The van der Waals surface area contributed by atoms with Crippen molar-refractivity contribution in [3.63, 3.8) is 0 Å². The Morgan fingerprint density at radius 1 is 1.04 bits per heavy atom. The van der Waals surface area contributed by atoms with Crippen molar-refractivity contribution in [2.45, 2.75) is 40.0 Å². The molecule has 0 saturated carbocycles. The molecule has 2 rings (SSSR count). The summed E-state index contributed by atoms with van der Waals surface area (Å²) in [6, 6.07) is 10.4. The molecule has 1 aromatic carbocycles. The van der Waals surface area contributed by atoms with E-state index in [-0.39, 0.29) is 11.8 Å². The van der Waals surface area contributed by atoms with Gasteiger partial charge in [-0.15, -0.1) is 0 Å². The summed E-state index contributed by atoms with van der Waals surface area (Å²) < 4.78 is 0. The monoisotopic (exact) mass is 385 g/mol. The second-order valence-corrected chi connectivity index (χ2v) is 7.50. The Morgan fingerprint density at radius 2 is 1.75 bits per heavy atom. The number of hydrogen-bond acceptors (Lipinski definition) is 3. The maximum absolute atomic E-state index is 12.7. The predicted octanol–water partition coefficient (Wildman–Crippen LogP) is 2.97. The third-order valence-corrected chi connectivity index (χ3v) is 5.40. The maximum Gasteiger partial charge on any atom is 0.246 e. The summed E-state index contributed by atoms with van der Waals surface area (Å²) in [5, 5.41) is 0. The number of allylic oxidation sites excluding steroid dienone is 1. The van der Waals surface area contributed by atoms with Crippen LogP contribution in [-0.2, 0) is 16.0 Å². The Labute approximate surface area is 170 Å². The van der Waals surface area contributed by atoms with Crippen molar-refractivity contribution >= 4 is 11.8 Å². The Kier molecular flexibility index (Phi) is 9.21. The number of likely N-dealkylation sites (N-methyl/N-ethyl adjacent to an activating group) is 1. The molecule has 0 aliphatic carbocycles. The van der Waals surface area contributed by atoms with E-state index in [1.165, 1.54) is 5.56 Å². The highest BCUT2D eigenvalue weighted by Gasteiger charge is 2.21. The number of hydrogen-bond donors (Lipinski definition) is 0. The largest absolute Gasteiger partial charge is 0.342 e. The summed E-state index contributed by atoms with van der Waals surface area (Å²) in [6.07, 6.45) is 4.56. The summed E-state index contributed by atoms with van der Waals surface area (Å²) in [4.78, 5) is 31.0. The van der Waals surface area contributed by atoms with Gasteiger partial charge in [-0.25, -0.2) is 0 Å². The Hall–Kier alpha value is -2.14. The lowest BCUT2D eigenvalue weighted by atomic mass is 10.1. The molecule has 1 fully saturated rings. The lowest BCUT2D eigenvalue weighted by Crippen LogP contribution is -2.42. The van der Waals surface area contributed by atoms with Crippen LogP contribution in [0.4, 0.5) is 0 Å². The first-order valence-corrected chi connectivity index (χ1v) is 10.5. The van der Waals surface area contributed by atoms with Crippen LogP contribution in [0.2, 0.25) is 0 Å². The first-order valence-electron chi connectivity index (χ1n) is 10.5. The number of carbonyl (C=O) groups excluding carboxylic acids is 2. The van der Waals surface area contributed by atoms with E-state index in [4.69, 9.17) is 0 Å². The van der Waals surface area contributed by atoms with Gasteiger partial charge in [0.05, 0.1) is 6.54 Å². The number of nitrogens with zero attached hydrogens (tertiary/aromatic N) is 3. The predicted molar refractivity (Wildman–Crippen MR) is 114 cm³/mol. The molecule has 1 heterocycles. The van der Waals surface area contributed by atoms with E-state index in [0.717, 1.165) is 57.6 Å². The van der Waals surface area contributed by atoms with Crippen LogP contribution in [0.5, 0.6) is 0 Å². The third kappa shape index (κ3) is 7.12. The lowest BCUT2D eigenvalue weighted by Gasteiger charge is -2.25. The van der Waals surface area contributed by atoms with Gasteiger partial charge in [0.15, 0.2) is 0 Å². The van der Waals surface area contributed by atoms with Gasteiger partial charge in [0.2, 0.25) is 11.8 Å². The lowest BCUT2D eigenvalue weighted by molar-refractivity contribution is -0.132. The van der Waals surface area contributed by atoms with Crippen molar-refractivity contribution in [2.24, 2.45) is 0 Å². The average Bonchev–Trinajstić information content (AvgIpc) is 2.94. The minimum atomic E-state index is 0.0995. The molecule has 0 unspecified atom stereocenters. The van der Waals surface area contributed by atoms with Gasteiger partial charge in [-0.2, -0.15) is 0 Å². The highest BCUT2D eigenvalue weighted by Crippen LogP contribution is 2.11. The summed E-state index contributed by atoms with van der Waals surface area (Å²) in [6.45, 7) is 11.1. The quantitative estimate of drug-likeness (QED) is 0.646. The van der Waals surface area contributed by atoms with Gasteiger partial charge in [0.25, 0.3) is 0 Å². The minimum absolute atomic E-state index is 0.0995. The van der Waals surface area contributed by atoms with Gasteiger partial charge >= 0.3 is 0 Å². The Morgan fingerprint density at radius 3 is 2.43 bits per heavy atom. The highest BCUT2D eigenvalue weighted by molar-refractivity contribution is 5.88.